The van der Waals surface area contributed by atoms with Gasteiger partial charge >= 0.3 is 17.9 Å². The van der Waals surface area contributed by atoms with Crippen LogP contribution in [0, 0.1) is 10.8 Å². The van der Waals surface area contributed by atoms with Gasteiger partial charge < -0.3 is 61.5 Å². The maximum Gasteiger partial charge on any atom is 0.326 e. The van der Waals surface area contributed by atoms with Gasteiger partial charge in [-0.05, 0) is 30.1 Å². The van der Waals surface area contributed by atoms with E-state index in [2.05, 4.69) is 31.9 Å². The van der Waals surface area contributed by atoms with E-state index in [0.29, 0.717) is 6.29 Å². The van der Waals surface area contributed by atoms with Gasteiger partial charge in [0.2, 0.25) is 35.4 Å². The summed E-state index contributed by atoms with van der Waals surface area (Å²) in [5, 5.41) is 41.4. The van der Waals surface area contributed by atoms with Crippen LogP contribution in [0.1, 0.15) is 72.6 Å². The zero-order valence-corrected chi connectivity index (χ0v) is 34.1. The molecule has 0 aliphatic heterocycles. The first-order chi connectivity index (χ1) is 27.3. The standard InChI is InChI=1S/C34H56N6O18S/c1-33(2,20-34(3,4)16-29(47)48)15-26(44)39-23(19-59(54,55)56)30(49)40-22(32(52)53)6-7-24(42)36-10-12-57-13-14-58-18-28(46)38-21(31(50)51)5-8-25(43)37-17-27(45)35-9-11-41/h11,21-23H,5-10,12-20H2,1-4H3,(H,35,45)(H,36,42)(H,37,43)(H,38,46)(H,39,44)(H,40,49)(H,47,48)(H,50,51)(H,52,53)(H,54,55,56). The van der Waals surface area contributed by atoms with Gasteiger partial charge in [-0.2, -0.15) is 8.42 Å². The first kappa shape index (κ1) is 53.7. The number of hydrogen-bond donors (Lipinski definition) is 10. The van der Waals surface area contributed by atoms with E-state index in [1.165, 1.54) is 0 Å². The van der Waals surface area contributed by atoms with Crippen molar-refractivity contribution in [1.82, 2.24) is 31.9 Å². The third-order valence-corrected chi connectivity index (χ3v) is 8.58. The van der Waals surface area contributed by atoms with Gasteiger partial charge in [0.1, 0.15) is 36.8 Å². The fourth-order valence-electron chi connectivity index (χ4n) is 5.70. The van der Waals surface area contributed by atoms with Gasteiger partial charge in [0.25, 0.3) is 10.1 Å². The zero-order chi connectivity index (χ0) is 45.4. The summed E-state index contributed by atoms with van der Waals surface area (Å²) in [5.74, 6) is -10.2. The minimum Gasteiger partial charge on any atom is -0.481 e. The molecule has 25 heteroatoms. The average molecular weight is 869 g/mol. The summed E-state index contributed by atoms with van der Waals surface area (Å²) in [5.41, 5.74) is -1.54. The van der Waals surface area contributed by atoms with Crippen molar-refractivity contribution in [2.75, 3.05) is 51.8 Å². The van der Waals surface area contributed by atoms with Crippen LogP contribution in [0.3, 0.4) is 0 Å². The highest BCUT2D eigenvalue weighted by Gasteiger charge is 2.35. The fraction of sp³-hybridized carbons (Fsp3) is 0.706. The van der Waals surface area contributed by atoms with Crippen molar-refractivity contribution < 1.29 is 85.7 Å². The predicted molar refractivity (Wildman–Crippen MR) is 202 cm³/mol. The Labute approximate surface area is 340 Å². The third kappa shape index (κ3) is 27.9. The van der Waals surface area contributed by atoms with Gasteiger partial charge in [-0.25, -0.2) is 9.59 Å². The maximum atomic E-state index is 12.9. The molecule has 0 bridgehead atoms. The number of ether oxygens (including phenoxy) is 2. The highest BCUT2D eigenvalue weighted by molar-refractivity contribution is 7.85. The van der Waals surface area contributed by atoms with E-state index in [9.17, 15) is 71.1 Å². The Kier molecular flexibility index (Phi) is 24.3. The number of nitrogens with one attached hydrogen (secondary N) is 6. The van der Waals surface area contributed by atoms with Gasteiger partial charge in [0.05, 0.1) is 39.3 Å². The summed E-state index contributed by atoms with van der Waals surface area (Å²) in [4.78, 5) is 118. The number of rotatable bonds is 32. The number of amides is 6. The molecule has 0 aliphatic rings. The lowest BCUT2D eigenvalue weighted by molar-refractivity contribution is -0.143. The number of carboxylic acids is 3. The normalized spacial score (nSPS) is 13.1. The molecule has 10 N–H and O–H groups in total. The smallest absolute Gasteiger partial charge is 0.326 e. The summed E-state index contributed by atoms with van der Waals surface area (Å²) in [7, 11) is -4.86. The Morgan fingerprint density at radius 1 is 0.644 bits per heavy atom. The average Bonchev–Trinajstić information content (AvgIpc) is 3.08. The molecule has 0 radical (unpaired) electrons. The van der Waals surface area contributed by atoms with Gasteiger partial charge in [-0.1, -0.05) is 27.7 Å². The molecule has 0 rings (SSSR count). The molecule has 0 saturated carbocycles. The molecule has 0 aromatic heterocycles. The number of carbonyl (C=O) groups is 10. The van der Waals surface area contributed by atoms with Gasteiger partial charge in [-0.3, -0.25) is 38.1 Å². The molecular weight excluding hydrogens is 812 g/mol. The van der Waals surface area contributed by atoms with E-state index in [-0.39, 0.29) is 65.0 Å². The van der Waals surface area contributed by atoms with Gasteiger partial charge in [-0.15, -0.1) is 0 Å². The Hall–Kier alpha value is -5.27. The number of carbonyl (C=O) groups excluding carboxylic acids is 7. The van der Waals surface area contributed by atoms with Crippen LogP contribution < -0.4 is 31.9 Å². The Balaban J connectivity index is 4.72. The van der Waals surface area contributed by atoms with Crippen LogP contribution in [0.15, 0.2) is 0 Å². The van der Waals surface area contributed by atoms with Crippen LogP contribution >= 0.6 is 0 Å². The van der Waals surface area contributed by atoms with Crippen molar-refractivity contribution in [3.63, 3.8) is 0 Å². The molecule has 336 valence electrons. The molecule has 0 aromatic carbocycles. The number of aldehydes is 1. The molecule has 0 aromatic rings. The van der Waals surface area contributed by atoms with Crippen LogP contribution in [0.2, 0.25) is 0 Å². The van der Waals surface area contributed by atoms with E-state index in [4.69, 9.17) is 14.6 Å². The van der Waals surface area contributed by atoms with Crippen molar-refractivity contribution >= 4 is 69.8 Å². The summed E-state index contributed by atoms with van der Waals surface area (Å²) in [6.45, 7) is 5.23. The molecule has 0 fully saturated rings. The Morgan fingerprint density at radius 2 is 1.17 bits per heavy atom. The summed E-state index contributed by atoms with van der Waals surface area (Å²) >= 11 is 0. The lowest BCUT2D eigenvalue weighted by Crippen LogP contribution is -2.54. The minimum absolute atomic E-state index is 0.0484. The molecular formula is C34H56N6O18S. The van der Waals surface area contributed by atoms with Crippen molar-refractivity contribution in [3.8, 4) is 0 Å². The Morgan fingerprint density at radius 3 is 1.71 bits per heavy atom. The van der Waals surface area contributed by atoms with Crippen molar-refractivity contribution in [2.24, 2.45) is 10.8 Å². The van der Waals surface area contributed by atoms with E-state index in [0.717, 1.165) is 0 Å². The fourth-order valence-corrected chi connectivity index (χ4v) is 6.35. The highest BCUT2D eigenvalue weighted by atomic mass is 32.2. The number of carboxylic acid groups (broad SMARTS) is 3. The van der Waals surface area contributed by atoms with Crippen molar-refractivity contribution in [2.45, 2.75) is 90.8 Å². The molecule has 0 aliphatic carbocycles. The first-order valence-electron chi connectivity index (χ1n) is 18.2. The van der Waals surface area contributed by atoms with E-state index in [1.54, 1.807) is 27.7 Å². The lowest BCUT2D eigenvalue weighted by Gasteiger charge is -2.34. The molecule has 0 spiro atoms. The third-order valence-electron chi connectivity index (χ3n) is 7.83. The molecule has 0 heterocycles. The largest absolute Gasteiger partial charge is 0.481 e. The van der Waals surface area contributed by atoms with Crippen LogP contribution in [-0.2, 0) is 67.5 Å². The summed E-state index contributed by atoms with van der Waals surface area (Å²) in [6.07, 6.45) is -1.28. The van der Waals surface area contributed by atoms with E-state index >= 15 is 0 Å². The Bertz CT molecular complexity index is 1600. The highest BCUT2D eigenvalue weighted by Crippen LogP contribution is 2.38. The van der Waals surface area contributed by atoms with Gasteiger partial charge in [0, 0.05) is 25.8 Å². The second-order valence-corrected chi connectivity index (χ2v) is 16.3. The zero-order valence-electron chi connectivity index (χ0n) is 33.3. The molecule has 59 heavy (non-hydrogen) atoms. The predicted octanol–water partition coefficient (Wildman–Crippen LogP) is -3.05. The van der Waals surface area contributed by atoms with Crippen LogP contribution in [0.4, 0.5) is 0 Å². The summed E-state index contributed by atoms with van der Waals surface area (Å²) < 4.78 is 43.0. The van der Waals surface area contributed by atoms with Gasteiger partial charge in [0.15, 0.2) is 0 Å². The molecule has 3 atom stereocenters. The number of hydrogen-bond acceptors (Lipinski definition) is 14. The minimum atomic E-state index is -4.86. The van der Waals surface area contributed by atoms with E-state index in [1.807, 2.05) is 0 Å². The molecule has 0 saturated heterocycles. The second-order valence-electron chi connectivity index (χ2n) is 14.8. The van der Waals surface area contributed by atoms with Crippen LogP contribution in [0.5, 0.6) is 0 Å². The van der Waals surface area contributed by atoms with E-state index < -0.39 is 124 Å². The van der Waals surface area contributed by atoms with Crippen molar-refractivity contribution in [3.05, 3.63) is 0 Å². The van der Waals surface area contributed by atoms with Crippen LogP contribution in [0.25, 0.3) is 0 Å². The quantitative estimate of drug-likeness (QED) is 0.0182. The molecule has 24 nitrogen and oxygen atoms in total. The monoisotopic (exact) mass is 868 g/mol. The second kappa shape index (κ2) is 26.7. The summed E-state index contributed by atoms with van der Waals surface area (Å²) in [6, 6.07) is -5.06. The first-order valence-corrected chi connectivity index (χ1v) is 19.8. The lowest BCUT2D eigenvalue weighted by atomic mass is 9.72. The number of aliphatic carboxylic acids is 3. The SMILES string of the molecule is CC(C)(CC(=O)O)CC(C)(C)CC(=O)NC(CS(=O)(=O)O)C(=O)NC(CCC(=O)NCCOCCOCC(=O)NC(CCC(=O)NCC(=O)NCC=O)C(=O)O)C(=O)O. The van der Waals surface area contributed by atoms with Crippen molar-refractivity contribution in [1.29, 1.82) is 0 Å². The molecule has 3 unspecified atom stereocenters. The topological polar surface area (TPSA) is 376 Å². The maximum absolute atomic E-state index is 12.9. The van der Waals surface area contributed by atoms with Crippen LogP contribution in [-0.4, -0.2) is 158 Å². The molecule has 6 amide bonds.